The van der Waals surface area contributed by atoms with Crippen molar-refractivity contribution in [2.45, 2.75) is 12.8 Å². The van der Waals surface area contributed by atoms with Gasteiger partial charge in [0.2, 0.25) is 0 Å². The molecule has 0 aromatic heterocycles. The lowest BCUT2D eigenvalue weighted by Crippen LogP contribution is -2.33. The van der Waals surface area contributed by atoms with Crippen LogP contribution in [0.3, 0.4) is 0 Å². The molecule has 3 rings (SSSR count). The van der Waals surface area contributed by atoms with E-state index in [9.17, 15) is 4.39 Å². The first-order valence-electron chi connectivity index (χ1n) is 7.04. The second kappa shape index (κ2) is 5.95. The zero-order valence-electron chi connectivity index (χ0n) is 11.4. The molecule has 20 heavy (non-hydrogen) atoms. The van der Waals surface area contributed by atoms with Gasteiger partial charge in [0.15, 0.2) is 0 Å². The lowest BCUT2D eigenvalue weighted by atomic mass is 10.0. The maximum Gasteiger partial charge on any atom is 0.123 e. The van der Waals surface area contributed by atoms with Gasteiger partial charge in [-0.15, -0.1) is 0 Å². The highest BCUT2D eigenvalue weighted by atomic mass is 19.1. The van der Waals surface area contributed by atoms with Crippen LogP contribution in [0.4, 0.5) is 10.1 Å². The molecule has 0 unspecified atom stereocenters. The van der Waals surface area contributed by atoms with E-state index < -0.39 is 0 Å². The molecular weight excluding hydrogens is 253 g/mol. The van der Waals surface area contributed by atoms with Crippen LogP contribution in [0.15, 0.2) is 48.5 Å². The Hall–Kier alpha value is -2.03. The monoisotopic (exact) mass is 271 g/mol. The van der Waals surface area contributed by atoms with Gasteiger partial charge < -0.3 is 9.64 Å². The third-order valence-corrected chi connectivity index (χ3v) is 3.65. The predicted molar refractivity (Wildman–Crippen MR) is 78.9 cm³/mol. The van der Waals surface area contributed by atoms with E-state index in [1.165, 1.54) is 29.8 Å². The molecule has 0 saturated carbocycles. The molecule has 0 aliphatic carbocycles. The van der Waals surface area contributed by atoms with Crippen molar-refractivity contribution < 1.29 is 9.13 Å². The summed E-state index contributed by atoms with van der Waals surface area (Å²) < 4.78 is 18.5. The summed E-state index contributed by atoms with van der Waals surface area (Å²) in [5.41, 5.74) is 2.74. The van der Waals surface area contributed by atoms with E-state index in [-0.39, 0.29) is 5.82 Å². The largest absolute Gasteiger partial charge is 0.492 e. The number of fused-ring (bicyclic) bond motifs is 1. The molecule has 3 heteroatoms. The fourth-order valence-corrected chi connectivity index (χ4v) is 2.65. The highest BCUT2D eigenvalue weighted by Gasteiger charge is 2.15. The zero-order valence-corrected chi connectivity index (χ0v) is 11.4. The molecule has 1 aliphatic heterocycles. The summed E-state index contributed by atoms with van der Waals surface area (Å²) in [7, 11) is 0. The molecular formula is C17H18FNO. The average molecular weight is 271 g/mol. The molecule has 1 heterocycles. The van der Waals surface area contributed by atoms with Crippen LogP contribution in [0.5, 0.6) is 5.75 Å². The van der Waals surface area contributed by atoms with Crippen molar-refractivity contribution in [3.8, 4) is 5.75 Å². The van der Waals surface area contributed by atoms with E-state index in [2.05, 4.69) is 29.2 Å². The Morgan fingerprint density at radius 3 is 2.70 bits per heavy atom. The molecule has 0 radical (unpaired) electrons. The van der Waals surface area contributed by atoms with Gasteiger partial charge in [-0.05, 0) is 48.7 Å². The van der Waals surface area contributed by atoms with Crippen LogP contribution in [0.2, 0.25) is 0 Å². The summed E-state index contributed by atoms with van der Waals surface area (Å²) in [5, 5.41) is 0. The molecule has 0 amide bonds. The van der Waals surface area contributed by atoms with Crippen LogP contribution in [0.1, 0.15) is 12.0 Å². The summed E-state index contributed by atoms with van der Waals surface area (Å²) in [4.78, 5) is 2.36. The maximum atomic E-state index is 12.8. The maximum absolute atomic E-state index is 12.8. The van der Waals surface area contributed by atoms with Gasteiger partial charge in [-0.25, -0.2) is 4.39 Å². The first kappa shape index (κ1) is 13.0. The molecule has 0 atom stereocenters. The lowest BCUT2D eigenvalue weighted by Gasteiger charge is -2.31. The van der Waals surface area contributed by atoms with Crippen molar-refractivity contribution in [2.75, 3.05) is 24.6 Å². The van der Waals surface area contributed by atoms with E-state index in [1.54, 1.807) is 12.1 Å². The Morgan fingerprint density at radius 1 is 1.05 bits per heavy atom. The smallest absolute Gasteiger partial charge is 0.123 e. The van der Waals surface area contributed by atoms with E-state index in [1.807, 2.05) is 0 Å². The van der Waals surface area contributed by atoms with Gasteiger partial charge >= 0.3 is 0 Å². The first-order valence-corrected chi connectivity index (χ1v) is 7.04. The Bertz CT molecular complexity index is 567. The number of ether oxygens (including phenoxy) is 1. The average Bonchev–Trinajstić information content (AvgIpc) is 2.49. The zero-order chi connectivity index (χ0) is 13.8. The number of rotatable bonds is 4. The number of nitrogens with zero attached hydrogens (tertiary/aromatic N) is 1. The van der Waals surface area contributed by atoms with Crippen LogP contribution < -0.4 is 9.64 Å². The van der Waals surface area contributed by atoms with Gasteiger partial charge in [0.1, 0.15) is 18.2 Å². The van der Waals surface area contributed by atoms with Gasteiger partial charge in [0.05, 0.1) is 6.54 Å². The SMILES string of the molecule is Fc1ccc(OCCN2CCCc3ccccc32)cc1. The second-order valence-corrected chi connectivity index (χ2v) is 5.02. The summed E-state index contributed by atoms with van der Waals surface area (Å²) >= 11 is 0. The Labute approximate surface area is 118 Å². The predicted octanol–water partition coefficient (Wildman–Crippen LogP) is 3.66. The van der Waals surface area contributed by atoms with Crippen molar-refractivity contribution >= 4 is 5.69 Å². The molecule has 0 saturated heterocycles. The number of hydrogen-bond donors (Lipinski definition) is 0. The fraction of sp³-hybridized carbons (Fsp3) is 0.294. The molecule has 2 nitrogen and oxygen atoms in total. The minimum Gasteiger partial charge on any atom is -0.492 e. The van der Waals surface area contributed by atoms with Gasteiger partial charge in [0, 0.05) is 12.2 Å². The Kier molecular flexibility index (Phi) is 3.86. The van der Waals surface area contributed by atoms with Gasteiger partial charge in [-0.1, -0.05) is 18.2 Å². The molecule has 0 bridgehead atoms. The quantitative estimate of drug-likeness (QED) is 0.841. The Morgan fingerprint density at radius 2 is 1.85 bits per heavy atom. The van der Waals surface area contributed by atoms with Crippen molar-refractivity contribution in [2.24, 2.45) is 0 Å². The number of aryl methyl sites for hydroxylation is 1. The molecule has 0 spiro atoms. The topological polar surface area (TPSA) is 12.5 Å². The second-order valence-electron chi connectivity index (χ2n) is 5.02. The van der Waals surface area contributed by atoms with E-state index in [0.717, 1.165) is 25.3 Å². The summed E-state index contributed by atoms with van der Waals surface area (Å²) in [5.74, 6) is 0.485. The highest BCUT2D eigenvalue weighted by Crippen LogP contribution is 2.26. The summed E-state index contributed by atoms with van der Waals surface area (Å²) in [6.45, 7) is 2.54. The van der Waals surface area contributed by atoms with Crippen LogP contribution in [0, 0.1) is 5.82 Å². The first-order chi connectivity index (χ1) is 9.83. The number of halogens is 1. The number of para-hydroxylation sites is 1. The number of hydrogen-bond acceptors (Lipinski definition) is 2. The number of anilines is 1. The van der Waals surface area contributed by atoms with Crippen LogP contribution in [-0.2, 0) is 6.42 Å². The van der Waals surface area contributed by atoms with Gasteiger partial charge in [0.25, 0.3) is 0 Å². The molecule has 1 aliphatic rings. The normalized spacial score (nSPS) is 13.9. The molecule has 2 aromatic carbocycles. The van der Waals surface area contributed by atoms with Crippen molar-refractivity contribution in [1.29, 1.82) is 0 Å². The molecule has 0 N–H and O–H groups in total. The fourth-order valence-electron chi connectivity index (χ4n) is 2.65. The third kappa shape index (κ3) is 2.93. The third-order valence-electron chi connectivity index (χ3n) is 3.65. The van der Waals surface area contributed by atoms with Crippen molar-refractivity contribution in [1.82, 2.24) is 0 Å². The van der Waals surface area contributed by atoms with Crippen LogP contribution in [-0.4, -0.2) is 19.7 Å². The van der Waals surface area contributed by atoms with Crippen LogP contribution >= 0.6 is 0 Å². The Balaban J connectivity index is 1.58. The van der Waals surface area contributed by atoms with Crippen LogP contribution in [0.25, 0.3) is 0 Å². The molecule has 0 fully saturated rings. The van der Waals surface area contributed by atoms with Gasteiger partial charge in [-0.3, -0.25) is 0 Å². The number of benzene rings is 2. The summed E-state index contributed by atoms with van der Waals surface area (Å²) in [6, 6.07) is 14.7. The highest BCUT2D eigenvalue weighted by molar-refractivity contribution is 5.55. The van der Waals surface area contributed by atoms with Crippen molar-refractivity contribution in [3.63, 3.8) is 0 Å². The van der Waals surface area contributed by atoms with E-state index >= 15 is 0 Å². The molecule has 104 valence electrons. The van der Waals surface area contributed by atoms with Crippen molar-refractivity contribution in [3.05, 3.63) is 59.9 Å². The minimum atomic E-state index is -0.234. The van der Waals surface area contributed by atoms with E-state index in [4.69, 9.17) is 4.74 Å². The lowest BCUT2D eigenvalue weighted by molar-refractivity contribution is 0.322. The molecule has 2 aromatic rings. The summed E-state index contributed by atoms with van der Waals surface area (Å²) in [6.07, 6.45) is 2.35. The van der Waals surface area contributed by atoms with E-state index in [0.29, 0.717) is 6.61 Å². The standard InChI is InChI=1S/C17H18FNO/c18-15-7-9-16(10-8-15)20-13-12-19-11-3-5-14-4-1-2-6-17(14)19/h1-2,4,6-10H,3,5,11-13H2. The van der Waals surface area contributed by atoms with Gasteiger partial charge in [-0.2, -0.15) is 0 Å². The minimum absolute atomic E-state index is 0.234.